The number of nitrogens with one attached hydrogen (secondary N) is 1. The highest BCUT2D eigenvalue weighted by atomic mass is 32.2. The molecule has 2 N–H and O–H groups in total. The largest absolute Gasteiger partial charge is 0.455 e. The van der Waals surface area contributed by atoms with Crippen LogP contribution in [0.4, 0.5) is 0 Å². The van der Waals surface area contributed by atoms with Gasteiger partial charge in [-0.15, -0.1) is 0 Å². The molecule has 0 spiro atoms. The number of rotatable bonds is 9. The van der Waals surface area contributed by atoms with E-state index in [4.69, 9.17) is 9.52 Å². The fraction of sp³-hybridized carbons (Fsp3) is 0.643. The van der Waals surface area contributed by atoms with Crippen LogP contribution >= 0.6 is 11.8 Å². The van der Waals surface area contributed by atoms with Crippen LogP contribution in [0.3, 0.4) is 0 Å². The first kappa shape index (κ1) is 16.1. The van der Waals surface area contributed by atoms with E-state index in [1.54, 1.807) is 17.8 Å². The van der Waals surface area contributed by atoms with Crippen LogP contribution in [0, 0.1) is 5.92 Å². The first-order valence-electron chi connectivity index (χ1n) is 6.68. The molecule has 0 aromatic carbocycles. The average Bonchev–Trinajstić information content (AvgIpc) is 2.85. The van der Waals surface area contributed by atoms with E-state index in [1.165, 1.54) is 0 Å². The molecule has 0 fully saturated rings. The molecule has 1 aromatic heterocycles. The van der Waals surface area contributed by atoms with Crippen molar-refractivity contribution in [2.75, 3.05) is 19.4 Å². The molecule has 4 nitrogen and oxygen atoms in total. The maximum Gasteiger partial charge on any atom is 0.287 e. The number of aliphatic hydroxyl groups is 1. The zero-order valence-electron chi connectivity index (χ0n) is 11.6. The van der Waals surface area contributed by atoms with Gasteiger partial charge in [-0.3, -0.25) is 4.79 Å². The number of hydrogen-bond acceptors (Lipinski definition) is 4. The number of carbonyl (C=O) groups excluding carboxylic acids is 1. The molecule has 0 saturated carbocycles. The van der Waals surface area contributed by atoms with Gasteiger partial charge >= 0.3 is 0 Å². The smallest absolute Gasteiger partial charge is 0.287 e. The van der Waals surface area contributed by atoms with Crippen molar-refractivity contribution in [3.8, 4) is 0 Å². The summed E-state index contributed by atoms with van der Waals surface area (Å²) in [6.07, 6.45) is 4.78. The Hall–Kier alpha value is -0.940. The highest BCUT2D eigenvalue weighted by molar-refractivity contribution is 7.97. The van der Waals surface area contributed by atoms with Gasteiger partial charge in [0.15, 0.2) is 5.76 Å². The predicted octanol–water partition coefficient (Wildman–Crippen LogP) is 2.67. The van der Waals surface area contributed by atoms with Gasteiger partial charge in [0.05, 0.1) is 5.75 Å². The van der Waals surface area contributed by atoms with Gasteiger partial charge in [0.25, 0.3) is 5.91 Å². The van der Waals surface area contributed by atoms with Gasteiger partial charge in [-0.2, -0.15) is 11.8 Å². The number of thioether (sulfide) groups is 1. The fourth-order valence-electron chi connectivity index (χ4n) is 1.98. The zero-order valence-corrected chi connectivity index (χ0v) is 12.5. The molecule has 1 atom stereocenters. The second-order valence-electron chi connectivity index (χ2n) is 4.58. The molecule has 1 amide bonds. The minimum atomic E-state index is -0.175. The summed E-state index contributed by atoms with van der Waals surface area (Å²) in [6, 6.07) is 3.55. The topological polar surface area (TPSA) is 62.5 Å². The van der Waals surface area contributed by atoms with E-state index >= 15 is 0 Å². The molecule has 0 bridgehead atoms. The lowest BCUT2D eigenvalue weighted by Gasteiger charge is -2.14. The lowest BCUT2D eigenvalue weighted by molar-refractivity contribution is 0.0913. The van der Waals surface area contributed by atoms with E-state index in [9.17, 15) is 4.79 Å². The van der Waals surface area contributed by atoms with Crippen LogP contribution in [0.25, 0.3) is 0 Å². The van der Waals surface area contributed by atoms with E-state index in [0.29, 0.717) is 18.2 Å². The van der Waals surface area contributed by atoms with Crippen LogP contribution in [-0.4, -0.2) is 30.4 Å². The van der Waals surface area contributed by atoms with Crippen LogP contribution in [0.2, 0.25) is 0 Å². The van der Waals surface area contributed by atoms with E-state index < -0.39 is 0 Å². The number of aliphatic hydroxyl groups excluding tert-OH is 1. The van der Waals surface area contributed by atoms with Gasteiger partial charge < -0.3 is 14.8 Å². The Balaban J connectivity index is 2.44. The van der Waals surface area contributed by atoms with Gasteiger partial charge in [0.1, 0.15) is 5.76 Å². The molecule has 5 heteroatoms. The van der Waals surface area contributed by atoms with E-state index in [0.717, 1.165) is 30.8 Å². The Morgan fingerprint density at radius 2 is 2.26 bits per heavy atom. The van der Waals surface area contributed by atoms with Gasteiger partial charge in [-0.1, -0.05) is 13.3 Å². The van der Waals surface area contributed by atoms with E-state index in [1.807, 2.05) is 12.3 Å². The van der Waals surface area contributed by atoms with Crippen molar-refractivity contribution in [1.82, 2.24) is 5.32 Å². The zero-order chi connectivity index (χ0) is 14.1. The number of hydrogen-bond donors (Lipinski definition) is 2. The van der Waals surface area contributed by atoms with E-state index in [-0.39, 0.29) is 12.5 Å². The summed E-state index contributed by atoms with van der Waals surface area (Å²) < 4.78 is 5.46. The SMILES string of the molecule is CCCC(CCO)CNC(=O)c1ccc(CSC)o1. The molecular formula is C14H23NO3S. The Kier molecular flexibility index (Phi) is 7.67. The van der Waals surface area contributed by atoms with E-state index in [2.05, 4.69) is 12.2 Å². The Morgan fingerprint density at radius 3 is 2.89 bits per heavy atom. The van der Waals surface area contributed by atoms with Gasteiger partial charge in [-0.05, 0) is 37.1 Å². The molecule has 0 saturated heterocycles. The molecule has 108 valence electrons. The minimum Gasteiger partial charge on any atom is -0.455 e. The molecule has 0 aliphatic rings. The van der Waals surface area contributed by atoms with Crippen molar-refractivity contribution in [2.24, 2.45) is 5.92 Å². The molecule has 0 aliphatic carbocycles. The summed E-state index contributed by atoms with van der Waals surface area (Å²) in [5.41, 5.74) is 0. The highest BCUT2D eigenvalue weighted by Gasteiger charge is 2.13. The number of furan rings is 1. The monoisotopic (exact) mass is 285 g/mol. The summed E-state index contributed by atoms with van der Waals surface area (Å²) >= 11 is 1.66. The lowest BCUT2D eigenvalue weighted by Crippen LogP contribution is -2.29. The fourth-order valence-corrected chi connectivity index (χ4v) is 2.42. The van der Waals surface area contributed by atoms with Gasteiger partial charge in [0.2, 0.25) is 0 Å². The van der Waals surface area contributed by atoms with Gasteiger partial charge in [-0.25, -0.2) is 0 Å². The third-order valence-corrected chi connectivity index (χ3v) is 3.53. The maximum atomic E-state index is 11.9. The number of carbonyl (C=O) groups is 1. The van der Waals surface area contributed by atoms with Crippen LogP contribution < -0.4 is 5.32 Å². The molecule has 1 heterocycles. The molecule has 1 rings (SSSR count). The predicted molar refractivity (Wildman–Crippen MR) is 78.4 cm³/mol. The summed E-state index contributed by atoms with van der Waals surface area (Å²) in [6.45, 7) is 2.86. The van der Waals surface area contributed by atoms with Crippen molar-refractivity contribution < 1.29 is 14.3 Å². The lowest BCUT2D eigenvalue weighted by atomic mass is 10.0. The molecule has 1 unspecified atom stereocenters. The maximum absolute atomic E-state index is 11.9. The van der Waals surface area contributed by atoms with Crippen molar-refractivity contribution >= 4 is 17.7 Å². The first-order chi connectivity index (χ1) is 9.21. The third kappa shape index (κ3) is 5.70. The normalized spacial score (nSPS) is 12.4. The molecule has 19 heavy (non-hydrogen) atoms. The Labute approximate surface area is 119 Å². The summed E-state index contributed by atoms with van der Waals surface area (Å²) in [5, 5.41) is 11.8. The molecular weight excluding hydrogens is 262 g/mol. The summed E-state index contributed by atoms with van der Waals surface area (Å²) in [4.78, 5) is 11.9. The summed E-state index contributed by atoms with van der Waals surface area (Å²) in [5.74, 6) is 2.11. The molecule has 0 radical (unpaired) electrons. The Morgan fingerprint density at radius 1 is 1.47 bits per heavy atom. The van der Waals surface area contributed by atoms with Crippen LogP contribution in [0.1, 0.15) is 42.5 Å². The van der Waals surface area contributed by atoms with Crippen molar-refractivity contribution in [1.29, 1.82) is 0 Å². The molecule has 1 aromatic rings. The Bertz CT molecular complexity index is 373. The standard InChI is InChI=1S/C14H23NO3S/c1-3-4-11(7-8-16)9-15-14(17)13-6-5-12(18-13)10-19-2/h5-6,11,16H,3-4,7-10H2,1-2H3,(H,15,17). The van der Waals surface area contributed by atoms with Crippen LogP contribution in [0.15, 0.2) is 16.5 Å². The van der Waals surface area contributed by atoms with Crippen LogP contribution in [-0.2, 0) is 5.75 Å². The third-order valence-electron chi connectivity index (χ3n) is 2.96. The number of amides is 1. The first-order valence-corrected chi connectivity index (χ1v) is 8.07. The average molecular weight is 285 g/mol. The van der Waals surface area contributed by atoms with Crippen molar-refractivity contribution in [2.45, 2.75) is 31.9 Å². The van der Waals surface area contributed by atoms with Crippen molar-refractivity contribution in [3.05, 3.63) is 23.7 Å². The summed E-state index contributed by atoms with van der Waals surface area (Å²) in [7, 11) is 0. The second kappa shape index (κ2) is 9.04. The highest BCUT2D eigenvalue weighted by Crippen LogP contribution is 2.14. The van der Waals surface area contributed by atoms with Gasteiger partial charge in [0, 0.05) is 13.2 Å². The molecule has 0 aliphatic heterocycles. The van der Waals surface area contributed by atoms with Crippen LogP contribution in [0.5, 0.6) is 0 Å². The van der Waals surface area contributed by atoms with Crippen molar-refractivity contribution in [3.63, 3.8) is 0 Å². The minimum absolute atomic E-state index is 0.166. The quantitative estimate of drug-likeness (QED) is 0.732. The second-order valence-corrected chi connectivity index (χ2v) is 5.44.